The van der Waals surface area contributed by atoms with E-state index in [2.05, 4.69) is 10.3 Å². The fourth-order valence-corrected chi connectivity index (χ4v) is 16.4. The maximum absolute atomic E-state index is 14.4. The van der Waals surface area contributed by atoms with E-state index in [0.717, 1.165) is 18.1 Å². The normalized spacial score (nSPS) is 32.3. The van der Waals surface area contributed by atoms with Crippen LogP contribution in [0.25, 0.3) is 16.4 Å². The van der Waals surface area contributed by atoms with Gasteiger partial charge in [-0.05, 0) is 119 Å². The summed E-state index contributed by atoms with van der Waals surface area (Å²) >= 11 is 0. The van der Waals surface area contributed by atoms with Crippen LogP contribution in [-0.2, 0) is 73.5 Å². The van der Waals surface area contributed by atoms with Crippen molar-refractivity contribution in [2.45, 2.75) is 196 Å². The van der Waals surface area contributed by atoms with Gasteiger partial charge in [-0.3, -0.25) is 57.9 Å². The van der Waals surface area contributed by atoms with Crippen molar-refractivity contribution in [2.24, 2.45) is 94.7 Å². The van der Waals surface area contributed by atoms with Crippen molar-refractivity contribution in [1.82, 2.24) is 14.9 Å². The number of aliphatic hydroxyl groups excluding tert-OH is 2. The predicted octanol–water partition coefficient (Wildman–Crippen LogP) is 2.58. The van der Waals surface area contributed by atoms with Gasteiger partial charge in [-0.25, -0.2) is 4.98 Å². The molecule has 7 heterocycles. The third kappa shape index (κ3) is 16.1. The number of carboxylic acids is 1. The summed E-state index contributed by atoms with van der Waals surface area (Å²) in [6.07, 6.45) is -4.79. The van der Waals surface area contributed by atoms with Crippen molar-refractivity contribution in [1.29, 1.82) is 0 Å². The molecule has 531 valence electrons. The van der Waals surface area contributed by atoms with Crippen molar-refractivity contribution in [3.63, 3.8) is 0 Å². The molecule has 6 aliphatic heterocycles. The van der Waals surface area contributed by atoms with Crippen molar-refractivity contribution in [2.75, 3.05) is 13.2 Å². The van der Waals surface area contributed by atoms with Gasteiger partial charge in [0.15, 0.2) is 6.23 Å². The fourth-order valence-electron chi connectivity index (χ4n) is 15.3. The summed E-state index contributed by atoms with van der Waals surface area (Å²) in [6.45, 7) is 20.0. The molecule has 6 unspecified atom stereocenters. The average molecular weight is 1410 g/mol. The van der Waals surface area contributed by atoms with Gasteiger partial charge in [0.1, 0.15) is 18.3 Å². The summed E-state index contributed by atoms with van der Waals surface area (Å²) < 4.78 is 31.9. The number of aliphatic carboxylic acids is 1. The molecule has 1 aromatic heterocycles. The number of aromatic nitrogens is 2. The van der Waals surface area contributed by atoms with Crippen LogP contribution in [0.4, 0.5) is 0 Å². The molecular formula is C64H94CoN13O17P. The largest absolute Gasteiger partial charge is 2.00 e. The minimum absolute atomic E-state index is 0. The molecule has 7 amide bonds. The second-order valence-electron chi connectivity index (χ2n) is 27.5. The van der Waals surface area contributed by atoms with Crippen LogP contribution in [-0.4, -0.2) is 144 Å². The number of aliphatic imine (C=N–C) groups is 3. The molecule has 8 bridgehead atoms. The third-order valence-corrected chi connectivity index (χ3v) is 21.6. The first-order chi connectivity index (χ1) is 43.6. The molecule has 1 aromatic carbocycles. The number of nitrogens with two attached hydrogens (primary N) is 6. The minimum atomic E-state index is -5.32. The zero-order valence-electron chi connectivity index (χ0n) is 56.4. The van der Waals surface area contributed by atoms with Gasteiger partial charge in [0.2, 0.25) is 41.4 Å². The molecule has 0 aliphatic carbocycles. The van der Waals surface area contributed by atoms with Crippen LogP contribution < -0.4 is 44.6 Å². The number of aryl methyl sites for hydroxylation is 2. The molecule has 2 saturated heterocycles. The van der Waals surface area contributed by atoms with E-state index in [9.17, 15) is 53.2 Å². The van der Waals surface area contributed by atoms with Crippen molar-refractivity contribution in [3.05, 3.63) is 69.2 Å². The van der Waals surface area contributed by atoms with E-state index in [1.807, 2.05) is 80.5 Å². The first-order valence-corrected chi connectivity index (χ1v) is 32.9. The van der Waals surface area contributed by atoms with E-state index in [0.29, 0.717) is 56.4 Å². The van der Waals surface area contributed by atoms with Crippen LogP contribution in [0.1, 0.15) is 157 Å². The summed E-state index contributed by atoms with van der Waals surface area (Å²) in [5, 5.41) is 37.5. The first-order valence-electron chi connectivity index (χ1n) is 31.4. The van der Waals surface area contributed by atoms with Gasteiger partial charge in [0, 0.05) is 115 Å². The number of imidazole rings is 1. The van der Waals surface area contributed by atoms with E-state index in [1.54, 1.807) is 6.92 Å². The number of carbonyl (C=O) groups excluding carboxylic acids is 7. The molecule has 0 spiro atoms. The molecule has 30 nitrogen and oxygen atoms in total. The molecular weight excluding hydrogens is 1310 g/mol. The number of aliphatic hydroxyl groups is 2. The van der Waals surface area contributed by atoms with Crippen LogP contribution in [0.2, 0.25) is 0 Å². The van der Waals surface area contributed by atoms with Crippen molar-refractivity contribution >= 4 is 83.3 Å². The predicted molar refractivity (Wildman–Crippen MR) is 349 cm³/mol. The number of fused-ring (bicyclic) bond motifs is 7. The number of phosphoric acid groups is 1. The van der Waals surface area contributed by atoms with Crippen LogP contribution in [0.3, 0.4) is 0 Å². The second-order valence-corrected chi connectivity index (χ2v) is 28.8. The van der Waals surface area contributed by atoms with Gasteiger partial charge < -0.3 is 89.1 Å². The Balaban J connectivity index is 0.00000270. The van der Waals surface area contributed by atoms with Crippen LogP contribution in [0, 0.1) is 59.2 Å². The fraction of sp³-hybridized carbons (Fsp3) is 0.625. The second kappa shape index (κ2) is 30.4. The number of rotatable bonds is 26. The van der Waals surface area contributed by atoms with Crippen molar-refractivity contribution < 1.29 is 99.2 Å². The van der Waals surface area contributed by atoms with Gasteiger partial charge in [-0.15, -0.1) is 0 Å². The number of ether oxygens (including phenoxy) is 1. The number of primary amides is 6. The molecule has 8 rings (SSSR count). The van der Waals surface area contributed by atoms with E-state index >= 15 is 0 Å². The third-order valence-electron chi connectivity index (χ3n) is 20.5. The number of nitrogens with zero attached hydrogens (tertiary/aromatic N) is 6. The number of hydrogen-bond donors (Lipinski definition) is 10. The van der Waals surface area contributed by atoms with E-state index in [-0.39, 0.29) is 99.4 Å². The summed E-state index contributed by atoms with van der Waals surface area (Å²) in [6, 6.07) is 2.65. The van der Waals surface area contributed by atoms with Crippen LogP contribution in [0.15, 0.2) is 67.8 Å². The molecule has 1 radical (unpaired) electrons. The quantitative estimate of drug-likeness (QED) is 0.0605. The summed E-state index contributed by atoms with van der Waals surface area (Å²) in [5.74, 6) is -8.24. The van der Waals surface area contributed by atoms with Gasteiger partial charge in [0.25, 0.3) is 13.8 Å². The van der Waals surface area contributed by atoms with Gasteiger partial charge in [0.05, 0.1) is 41.3 Å². The van der Waals surface area contributed by atoms with Gasteiger partial charge in [-0.2, -0.15) is 5.70 Å². The van der Waals surface area contributed by atoms with Crippen LogP contribution >= 0.6 is 7.82 Å². The smallest absolute Gasteiger partial charge is 0.756 e. The molecule has 2 fully saturated rings. The van der Waals surface area contributed by atoms with Crippen molar-refractivity contribution in [3.8, 4) is 0 Å². The number of carboxylic acid groups (broad SMARTS) is 1. The zero-order chi connectivity index (χ0) is 70.3. The monoisotopic (exact) mass is 1410 g/mol. The average Bonchev–Trinajstić information content (AvgIpc) is 1.52. The molecule has 0 saturated carbocycles. The topological polar surface area (TPSA) is 534 Å². The minimum Gasteiger partial charge on any atom is -0.756 e. The Kier molecular flexibility index (Phi) is 25.2. The van der Waals surface area contributed by atoms with E-state index in [4.69, 9.17) is 78.4 Å². The van der Waals surface area contributed by atoms with Crippen LogP contribution in [0.5, 0.6) is 0 Å². The maximum Gasteiger partial charge on any atom is 2.00 e. The summed E-state index contributed by atoms with van der Waals surface area (Å²) in [5.41, 5.74) is 36.7. The van der Waals surface area contributed by atoms with Gasteiger partial charge in [-0.1, -0.05) is 40.7 Å². The number of phosphoric ester groups is 1. The number of nitrogens with one attached hydrogen (secondary N) is 1. The Labute approximate surface area is 567 Å². The van der Waals surface area contributed by atoms with Gasteiger partial charge >= 0.3 is 16.8 Å². The maximum atomic E-state index is 14.4. The molecule has 96 heavy (non-hydrogen) atoms. The Morgan fingerprint density at radius 1 is 0.792 bits per heavy atom. The zero-order valence-corrected chi connectivity index (χ0v) is 58.3. The Morgan fingerprint density at radius 3 is 1.91 bits per heavy atom. The molecule has 2 aromatic rings. The molecule has 15 atom stereocenters. The van der Waals surface area contributed by atoms with E-state index < -0.39 is 149 Å². The number of amides is 7. The first kappa shape index (κ1) is 79.6. The summed E-state index contributed by atoms with van der Waals surface area (Å²) in [4.78, 5) is 137. The Bertz CT molecular complexity index is 3660. The number of benzene rings is 1. The number of carbonyl (C=O) groups is 8. The van der Waals surface area contributed by atoms with E-state index in [1.165, 1.54) is 17.8 Å². The standard InChI is InChI=1S/C62H90N13O14P.C2H4O2.Co.H2O/c1-29-20-39-40(21-30(29)2)75(28-70-39)57-52(84)53(41(27-76)87-57)89-90(85,86)88-31(3)26-69-49(83)18-19-59(8)37(22-46(66)80)56-62(11)61(10,25-48(68)82)36(14-17-45(65)79)51(74-62)33(5)55-60(9,24-47(67)81)34(12-15-43(63)77)38(71-55)23-42-58(6,7)35(13-16-44(64)78)50(72-42)32(4)54(59)73-56;1-2(3)4;;/h20-21,23,28,31,34-37,41,52-53,56-57,76,84H,12-19,22,24-27H2,1-11H3,(H15,63,64,65,66,67,68,69,71,72,73,74,77,78,79,80,81,82,83,85,86);1H3,(H,3,4);;1H2/q;;+2;/p-2/t31-,34+,35+,36+,37-,41?,52?,53?,56?,57?,59+,60-,61-,62-;;;/m0.../s1. The molecule has 6 aliphatic rings. The molecule has 18 N–H and O–H groups in total. The SMILES string of the molecule is C/C1=C2/[N-]C([C@H](CC(N)=O)[C@@]2(C)CCC(=O)NC[C@H](C)OP(=O)([O-])OC2C(CO)OC(n3cnc4cc(C)c(C)cc43)C2O)[C@]2(C)N=C(/C(C)=C3N=C(/C=C4N=C1[C@@H](CCC(N)=O)C\4(C)C)[C@@H](CCC(N)=O)[C@]\3(C)CC(N)=O)[C@@H](CCC(N)=O)[C@]2(C)CC(N)=O.CC(=O)O.O.[Co+2]. The summed E-state index contributed by atoms with van der Waals surface area (Å²) in [7, 11) is -5.32. The Morgan fingerprint density at radius 2 is 1.35 bits per heavy atom. The number of hydrogen-bond acceptors (Lipinski definition) is 19. The number of allylic oxidation sites excluding steroid dienone is 6. The Hall–Kier alpha value is -7.06. The molecule has 32 heteroatoms.